The highest BCUT2D eigenvalue weighted by atomic mass is 16.5. The van der Waals surface area contributed by atoms with Gasteiger partial charge in [-0.1, -0.05) is 5.16 Å². The number of amides is 1. The molecule has 1 N–H and O–H groups in total. The fourth-order valence-corrected chi connectivity index (χ4v) is 3.58. The van der Waals surface area contributed by atoms with Crippen LogP contribution >= 0.6 is 0 Å². The van der Waals surface area contributed by atoms with E-state index in [2.05, 4.69) is 25.1 Å². The van der Waals surface area contributed by atoms with Crippen LogP contribution in [-0.2, 0) is 0 Å². The standard InChI is InChI=1S/C18H20N6O2/c1-10-17(11(2)26-23-10)14-7-13(21-12(3)22-14)16-5-4-6-24(16)18(25)15-8-19-9-20-15/h7-9,16H,4-6H2,1-3H3,(H,19,20). The van der Waals surface area contributed by atoms with Crippen molar-refractivity contribution < 1.29 is 9.32 Å². The van der Waals surface area contributed by atoms with Crippen LogP contribution in [0.15, 0.2) is 23.1 Å². The van der Waals surface area contributed by atoms with Gasteiger partial charge >= 0.3 is 0 Å². The van der Waals surface area contributed by atoms with Crippen LogP contribution in [0, 0.1) is 20.8 Å². The molecule has 1 unspecified atom stereocenters. The summed E-state index contributed by atoms with van der Waals surface area (Å²) < 4.78 is 5.28. The monoisotopic (exact) mass is 352 g/mol. The minimum atomic E-state index is -0.0771. The lowest BCUT2D eigenvalue weighted by Crippen LogP contribution is -2.31. The maximum atomic E-state index is 12.8. The second-order valence-corrected chi connectivity index (χ2v) is 6.55. The summed E-state index contributed by atoms with van der Waals surface area (Å²) in [7, 11) is 0. The second kappa shape index (κ2) is 6.36. The van der Waals surface area contributed by atoms with Crippen molar-refractivity contribution in [1.82, 2.24) is 30.0 Å². The van der Waals surface area contributed by atoms with E-state index in [1.807, 2.05) is 31.7 Å². The molecule has 4 heterocycles. The van der Waals surface area contributed by atoms with E-state index in [9.17, 15) is 4.79 Å². The Bertz CT molecular complexity index is 927. The molecule has 0 aliphatic carbocycles. The number of carbonyl (C=O) groups is 1. The van der Waals surface area contributed by atoms with Crippen LogP contribution in [0.3, 0.4) is 0 Å². The molecule has 0 radical (unpaired) electrons. The van der Waals surface area contributed by atoms with Crippen molar-refractivity contribution in [3.63, 3.8) is 0 Å². The number of aromatic amines is 1. The number of aromatic nitrogens is 5. The molecule has 3 aromatic heterocycles. The van der Waals surface area contributed by atoms with Gasteiger partial charge in [0, 0.05) is 6.54 Å². The number of carbonyl (C=O) groups excluding carboxylic acids is 1. The molecule has 1 aliphatic rings. The zero-order valence-corrected chi connectivity index (χ0v) is 15.0. The molecule has 1 fully saturated rings. The minimum Gasteiger partial charge on any atom is -0.361 e. The summed E-state index contributed by atoms with van der Waals surface area (Å²) in [5, 5.41) is 4.02. The van der Waals surface area contributed by atoms with Gasteiger partial charge in [-0.2, -0.15) is 0 Å². The third-order valence-electron chi connectivity index (χ3n) is 4.73. The Balaban J connectivity index is 1.72. The third kappa shape index (κ3) is 2.77. The molecule has 26 heavy (non-hydrogen) atoms. The predicted octanol–water partition coefficient (Wildman–Crippen LogP) is 2.76. The molecule has 8 nitrogen and oxygen atoms in total. The maximum Gasteiger partial charge on any atom is 0.272 e. The van der Waals surface area contributed by atoms with Crippen molar-refractivity contribution in [3.8, 4) is 11.3 Å². The van der Waals surface area contributed by atoms with Gasteiger partial charge in [0.15, 0.2) is 0 Å². The molecule has 1 saturated heterocycles. The van der Waals surface area contributed by atoms with E-state index in [0.717, 1.165) is 41.2 Å². The summed E-state index contributed by atoms with van der Waals surface area (Å²) in [5.41, 5.74) is 3.81. The fraction of sp³-hybridized carbons (Fsp3) is 0.389. The fourth-order valence-electron chi connectivity index (χ4n) is 3.58. The summed E-state index contributed by atoms with van der Waals surface area (Å²) >= 11 is 0. The van der Waals surface area contributed by atoms with Crippen LogP contribution in [-0.4, -0.2) is 42.4 Å². The lowest BCUT2D eigenvalue weighted by atomic mass is 10.1. The number of H-pyrrole nitrogens is 1. The number of hydrogen-bond donors (Lipinski definition) is 1. The molecule has 0 spiro atoms. The van der Waals surface area contributed by atoms with Crippen LogP contribution in [0.2, 0.25) is 0 Å². The molecule has 1 amide bonds. The minimum absolute atomic E-state index is 0.0554. The van der Waals surface area contributed by atoms with Crippen molar-refractivity contribution in [2.24, 2.45) is 0 Å². The van der Waals surface area contributed by atoms with Gasteiger partial charge in [0.2, 0.25) is 0 Å². The number of likely N-dealkylation sites (tertiary alicyclic amines) is 1. The number of imidazole rings is 1. The van der Waals surface area contributed by atoms with Crippen molar-refractivity contribution in [3.05, 3.63) is 47.3 Å². The van der Waals surface area contributed by atoms with Crippen LogP contribution in [0.1, 0.15) is 52.3 Å². The number of nitrogens with one attached hydrogen (secondary N) is 1. The Labute approximate surface area is 150 Å². The summed E-state index contributed by atoms with van der Waals surface area (Å²) in [6.07, 6.45) is 4.88. The highest BCUT2D eigenvalue weighted by Gasteiger charge is 2.33. The van der Waals surface area contributed by atoms with Crippen LogP contribution in [0.5, 0.6) is 0 Å². The highest BCUT2D eigenvalue weighted by molar-refractivity contribution is 5.92. The molecule has 134 valence electrons. The summed E-state index contributed by atoms with van der Waals surface area (Å²) in [4.78, 5) is 30.7. The van der Waals surface area contributed by atoms with Gasteiger partial charge in [-0.15, -0.1) is 0 Å². The second-order valence-electron chi connectivity index (χ2n) is 6.55. The molecule has 0 bridgehead atoms. The Morgan fingerprint density at radius 2 is 2.15 bits per heavy atom. The SMILES string of the molecule is Cc1nc(-c2c(C)noc2C)cc(C2CCCN2C(=O)c2cnc[nH]2)n1. The molecule has 0 aromatic carbocycles. The zero-order valence-electron chi connectivity index (χ0n) is 15.0. The molecular weight excluding hydrogens is 332 g/mol. The van der Waals surface area contributed by atoms with Crippen LogP contribution in [0.25, 0.3) is 11.3 Å². The van der Waals surface area contributed by atoms with Gasteiger partial charge in [0.05, 0.1) is 41.2 Å². The van der Waals surface area contributed by atoms with Crippen molar-refractivity contribution in [2.45, 2.75) is 39.7 Å². The number of hydrogen-bond acceptors (Lipinski definition) is 6. The third-order valence-corrected chi connectivity index (χ3v) is 4.73. The Morgan fingerprint density at radius 3 is 2.85 bits per heavy atom. The molecule has 1 aliphatic heterocycles. The zero-order chi connectivity index (χ0) is 18.3. The van der Waals surface area contributed by atoms with E-state index in [0.29, 0.717) is 18.1 Å². The molecule has 4 rings (SSSR count). The predicted molar refractivity (Wildman–Crippen MR) is 93.3 cm³/mol. The summed E-state index contributed by atoms with van der Waals surface area (Å²) in [6, 6.07) is 1.87. The Kier molecular flexibility index (Phi) is 4.02. The van der Waals surface area contributed by atoms with Crippen LogP contribution in [0.4, 0.5) is 0 Å². The lowest BCUT2D eigenvalue weighted by molar-refractivity contribution is 0.0727. The quantitative estimate of drug-likeness (QED) is 0.778. The molecule has 3 aromatic rings. The van der Waals surface area contributed by atoms with E-state index in [1.54, 1.807) is 6.20 Å². The van der Waals surface area contributed by atoms with Crippen molar-refractivity contribution in [1.29, 1.82) is 0 Å². The average Bonchev–Trinajstić information content (AvgIpc) is 3.35. The average molecular weight is 352 g/mol. The topological polar surface area (TPSA) is 101 Å². The lowest BCUT2D eigenvalue weighted by Gasteiger charge is -2.24. The maximum absolute atomic E-state index is 12.8. The first kappa shape index (κ1) is 16.4. The van der Waals surface area contributed by atoms with Gasteiger partial charge in [-0.3, -0.25) is 4.79 Å². The Morgan fingerprint density at radius 1 is 1.31 bits per heavy atom. The van der Waals surface area contributed by atoms with Crippen molar-refractivity contribution >= 4 is 5.91 Å². The normalized spacial score (nSPS) is 17.0. The first-order valence-electron chi connectivity index (χ1n) is 8.62. The van der Waals surface area contributed by atoms with E-state index in [1.165, 1.54) is 6.33 Å². The van der Waals surface area contributed by atoms with E-state index < -0.39 is 0 Å². The van der Waals surface area contributed by atoms with Gasteiger partial charge < -0.3 is 14.4 Å². The summed E-state index contributed by atoms with van der Waals surface area (Å²) in [5.74, 6) is 1.34. The molecular formula is C18H20N6O2. The number of rotatable bonds is 3. The molecule has 1 atom stereocenters. The largest absolute Gasteiger partial charge is 0.361 e. The van der Waals surface area contributed by atoms with Gasteiger partial charge in [-0.05, 0) is 39.7 Å². The van der Waals surface area contributed by atoms with E-state index in [-0.39, 0.29) is 11.9 Å². The first-order chi connectivity index (χ1) is 12.5. The van der Waals surface area contributed by atoms with E-state index in [4.69, 9.17) is 4.52 Å². The van der Waals surface area contributed by atoms with E-state index >= 15 is 0 Å². The first-order valence-corrected chi connectivity index (χ1v) is 8.62. The van der Waals surface area contributed by atoms with Gasteiger partial charge in [0.25, 0.3) is 5.91 Å². The van der Waals surface area contributed by atoms with Crippen LogP contribution < -0.4 is 0 Å². The van der Waals surface area contributed by atoms with Crippen molar-refractivity contribution in [2.75, 3.05) is 6.54 Å². The molecule has 0 saturated carbocycles. The smallest absolute Gasteiger partial charge is 0.272 e. The summed E-state index contributed by atoms with van der Waals surface area (Å²) in [6.45, 7) is 6.33. The van der Waals surface area contributed by atoms with Gasteiger partial charge in [-0.25, -0.2) is 15.0 Å². The molecule has 8 heteroatoms. The highest BCUT2D eigenvalue weighted by Crippen LogP contribution is 2.34. The number of nitrogens with zero attached hydrogens (tertiary/aromatic N) is 5. The number of aryl methyl sites for hydroxylation is 3. The van der Waals surface area contributed by atoms with Gasteiger partial charge in [0.1, 0.15) is 17.3 Å². The Hall–Kier alpha value is -3.03.